The van der Waals surface area contributed by atoms with E-state index in [9.17, 15) is 0 Å². The monoisotopic (exact) mass is 694 g/mol. The fourth-order valence-electron chi connectivity index (χ4n) is 17.5. The van der Waals surface area contributed by atoms with E-state index < -0.39 is 0 Å². The van der Waals surface area contributed by atoms with Gasteiger partial charge in [0.05, 0.1) is 62.3 Å². The van der Waals surface area contributed by atoms with Crippen molar-refractivity contribution in [1.29, 1.82) is 0 Å². The predicted molar refractivity (Wildman–Crippen MR) is 200 cm³/mol. The van der Waals surface area contributed by atoms with Crippen molar-refractivity contribution >= 4 is 11.4 Å². The van der Waals surface area contributed by atoms with Gasteiger partial charge in [-0.25, -0.2) is 0 Å². The smallest absolute Gasteiger partial charge is 0.136 e. The Hall–Kier alpha value is -2.64. The zero-order chi connectivity index (χ0) is 33.3. The van der Waals surface area contributed by atoms with E-state index in [0.29, 0.717) is 47.8 Å². The van der Waals surface area contributed by atoms with Crippen LogP contribution in [0.25, 0.3) is 0 Å². The summed E-state index contributed by atoms with van der Waals surface area (Å²) in [6.45, 7) is 9.63. The van der Waals surface area contributed by atoms with Crippen LogP contribution in [0.5, 0.6) is 0 Å². The first-order chi connectivity index (χ1) is 25.6. The summed E-state index contributed by atoms with van der Waals surface area (Å²) in [4.78, 5) is 6.10. The highest BCUT2D eigenvalue weighted by molar-refractivity contribution is 5.72. The van der Waals surface area contributed by atoms with Gasteiger partial charge in [0.1, 0.15) is 37.6 Å². The summed E-state index contributed by atoms with van der Waals surface area (Å²) < 4.78 is 17.9. The largest absolute Gasteiger partial charge is 0.354 e. The van der Waals surface area contributed by atoms with E-state index in [0.717, 1.165) is 25.0 Å². The third-order valence-electron chi connectivity index (χ3n) is 19.1. The van der Waals surface area contributed by atoms with E-state index in [1.807, 2.05) is 0 Å². The molecule has 4 bridgehead atoms. The number of benzene rings is 2. The first kappa shape index (κ1) is 28.8. The zero-order valence-corrected chi connectivity index (χ0v) is 30.6. The normalized spacial score (nSPS) is 51.5. The summed E-state index contributed by atoms with van der Waals surface area (Å²) in [5.74, 6) is 3.91. The van der Waals surface area contributed by atoms with Crippen LogP contribution in [0, 0.1) is 35.5 Å². The molecule has 5 saturated heterocycles. The Morgan fingerprint density at radius 1 is 0.615 bits per heavy atom. The van der Waals surface area contributed by atoms with Gasteiger partial charge in [0.25, 0.3) is 0 Å². The molecule has 0 amide bonds. The minimum atomic E-state index is 0.0920. The number of hydrogen-bond donors (Lipinski definition) is 0. The van der Waals surface area contributed by atoms with Crippen molar-refractivity contribution in [1.82, 2.24) is 0 Å². The first-order valence-electron chi connectivity index (χ1n) is 21.7. The molecule has 9 aliphatic heterocycles. The number of ether oxygens (including phenoxy) is 2. The molecule has 2 aromatic carbocycles. The van der Waals surface area contributed by atoms with Gasteiger partial charge in [-0.05, 0) is 60.1 Å². The Morgan fingerprint density at radius 2 is 1.08 bits per heavy atom. The highest BCUT2D eigenvalue weighted by Gasteiger charge is 2.81. The molecule has 4 aliphatic carbocycles. The number of hydrogen-bond acceptors (Lipinski definition) is 4. The van der Waals surface area contributed by atoms with Crippen LogP contribution >= 0.6 is 0 Å². The number of rotatable bonds is 4. The summed E-state index contributed by atoms with van der Waals surface area (Å²) >= 11 is 0. The Balaban J connectivity index is 1.01. The lowest BCUT2D eigenvalue weighted by molar-refractivity contribution is -0.944. The molecule has 9 heterocycles. The molecule has 0 N–H and O–H groups in total. The molecule has 4 saturated carbocycles. The molecular weight excluding hydrogens is 641 g/mol. The Kier molecular flexibility index (Phi) is 5.02. The van der Waals surface area contributed by atoms with Crippen molar-refractivity contribution in [2.75, 3.05) is 62.3 Å². The molecule has 9 fully saturated rings. The molecular formula is C46H54N4O2+2. The summed E-state index contributed by atoms with van der Waals surface area (Å²) in [6.07, 6.45) is 16.6. The molecule has 13 aliphatic rings. The second-order valence-corrected chi connectivity index (χ2v) is 20.6. The first-order valence-corrected chi connectivity index (χ1v) is 21.7. The van der Waals surface area contributed by atoms with Gasteiger partial charge in [-0.15, -0.1) is 0 Å². The summed E-state index contributed by atoms with van der Waals surface area (Å²) in [7, 11) is 0. The van der Waals surface area contributed by atoms with Crippen LogP contribution in [-0.4, -0.2) is 98.1 Å². The van der Waals surface area contributed by atoms with Crippen LogP contribution in [0.4, 0.5) is 11.4 Å². The Labute approximate surface area is 308 Å². The standard InChI is InChI=1S/C46H54N4O2/c1-3-7-35-33(5-1)45-15-17-49(23-27-9-10-27)25-29-14-20-52-44-39(31(29)21-37(45)49)41(45)47(35)43-40-32-22-38-46(34-6-2-4-8-36(34)48(44)42(40)46)16-18-50(38,24-28-11-12-28)26-30(32)13-19-51-43/h1-8,13-14,27-28,31-32,37-44H,9-12,15-26H2/q+2/t31?,32?,37?,38?,39?,40?,41?,42?,43?,44?,45?,46?,49-,50-/m1/s1. The van der Waals surface area contributed by atoms with E-state index in [2.05, 4.69) is 70.5 Å². The summed E-state index contributed by atoms with van der Waals surface area (Å²) in [5.41, 5.74) is 10.3. The Bertz CT molecular complexity index is 1890. The molecule has 268 valence electrons. The van der Waals surface area contributed by atoms with Gasteiger partial charge >= 0.3 is 0 Å². The van der Waals surface area contributed by atoms with E-state index in [-0.39, 0.29) is 23.3 Å². The SMILES string of the molecule is C1=C2C[N@+]3(CC4CC4)CCC45c6ccccc6N6C7OCC=C8C[N@+]9(CC%10CC%10)CCC%10%11c%12ccccc%12N(C(OC1)C(C2CC43)C65)C%10C7C8CC%119. The van der Waals surface area contributed by atoms with Crippen LogP contribution in [0.1, 0.15) is 62.5 Å². The number of fused-ring (bicyclic) bond motifs is 6. The third-order valence-corrected chi connectivity index (χ3v) is 19.1. The molecule has 15 rings (SSSR count). The minimum Gasteiger partial charge on any atom is -0.354 e. The molecule has 2 spiro atoms. The van der Waals surface area contributed by atoms with Gasteiger partial charge in [-0.3, -0.25) is 0 Å². The third kappa shape index (κ3) is 3.03. The van der Waals surface area contributed by atoms with Gasteiger partial charge < -0.3 is 28.2 Å². The number of piperidine rings is 2. The van der Waals surface area contributed by atoms with E-state index in [1.54, 1.807) is 22.3 Å². The maximum atomic E-state index is 7.61. The highest BCUT2D eigenvalue weighted by atomic mass is 16.5. The molecule has 2 aromatic rings. The maximum absolute atomic E-state index is 7.61. The van der Waals surface area contributed by atoms with Crippen LogP contribution in [-0.2, 0) is 20.3 Å². The predicted octanol–water partition coefficient (Wildman–Crippen LogP) is 6.12. The molecule has 12 unspecified atom stereocenters. The Morgan fingerprint density at radius 3 is 1.54 bits per heavy atom. The average Bonchev–Trinajstić information content (AvgIpc) is 4.07. The molecule has 14 atom stereocenters. The van der Waals surface area contributed by atoms with Gasteiger partial charge in [0, 0.05) is 72.6 Å². The summed E-state index contributed by atoms with van der Waals surface area (Å²) in [5, 5.41) is 0. The van der Waals surface area contributed by atoms with Crippen LogP contribution < -0.4 is 9.80 Å². The van der Waals surface area contributed by atoms with E-state index >= 15 is 0 Å². The molecule has 52 heavy (non-hydrogen) atoms. The average molecular weight is 695 g/mol. The summed E-state index contributed by atoms with van der Waals surface area (Å²) in [6, 6.07) is 22.0. The number of para-hydroxylation sites is 2. The van der Waals surface area contributed by atoms with Crippen LogP contribution in [0.15, 0.2) is 71.8 Å². The highest BCUT2D eigenvalue weighted by Crippen LogP contribution is 2.73. The quantitative estimate of drug-likeness (QED) is 0.285. The van der Waals surface area contributed by atoms with Gasteiger partial charge in [-0.1, -0.05) is 48.6 Å². The van der Waals surface area contributed by atoms with Crippen molar-refractivity contribution in [3.8, 4) is 0 Å². The van der Waals surface area contributed by atoms with Crippen molar-refractivity contribution in [2.24, 2.45) is 35.5 Å². The van der Waals surface area contributed by atoms with E-state index in [4.69, 9.17) is 9.47 Å². The lowest BCUT2D eigenvalue weighted by atomic mass is 9.52. The number of quaternary nitrogens is 2. The van der Waals surface area contributed by atoms with Crippen molar-refractivity contribution in [2.45, 2.75) is 98.8 Å². The van der Waals surface area contributed by atoms with Crippen molar-refractivity contribution in [3.05, 3.63) is 83.0 Å². The molecule has 6 nitrogen and oxygen atoms in total. The minimum absolute atomic E-state index is 0.0920. The van der Waals surface area contributed by atoms with Crippen molar-refractivity contribution in [3.63, 3.8) is 0 Å². The molecule has 6 heteroatoms. The van der Waals surface area contributed by atoms with Gasteiger partial charge in [-0.2, -0.15) is 0 Å². The van der Waals surface area contributed by atoms with Crippen LogP contribution in [0.2, 0.25) is 0 Å². The topological polar surface area (TPSA) is 24.9 Å². The maximum Gasteiger partial charge on any atom is 0.136 e. The molecule has 0 aromatic heterocycles. The van der Waals surface area contributed by atoms with Crippen molar-refractivity contribution < 1.29 is 18.4 Å². The van der Waals surface area contributed by atoms with E-state index in [1.165, 1.54) is 111 Å². The second-order valence-electron chi connectivity index (χ2n) is 20.6. The number of nitrogens with zero attached hydrogens (tertiary/aromatic N) is 4. The number of anilines is 2. The molecule has 0 radical (unpaired) electrons. The van der Waals surface area contributed by atoms with Gasteiger partial charge in [0.15, 0.2) is 0 Å². The van der Waals surface area contributed by atoms with Crippen LogP contribution in [0.3, 0.4) is 0 Å². The zero-order valence-electron chi connectivity index (χ0n) is 30.6. The van der Waals surface area contributed by atoms with Gasteiger partial charge in [0.2, 0.25) is 0 Å². The fraction of sp³-hybridized carbons (Fsp3) is 0.652. The lowest BCUT2D eigenvalue weighted by Crippen LogP contribution is -2.78. The lowest BCUT2D eigenvalue weighted by Gasteiger charge is -2.65. The second kappa shape index (κ2) is 9.07. The fourth-order valence-corrected chi connectivity index (χ4v) is 17.5.